The van der Waals surface area contributed by atoms with Gasteiger partial charge in [-0.1, -0.05) is 30.3 Å². The lowest BCUT2D eigenvalue weighted by Gasteiger charge is -1.99. The number of benzene rings is 1. The van der Waals surface area contributed by atoms with E-state index in [2.05, 4.69) is 0 Å². The van der Waals surface area contributed by atoms with Crippen molar-refractivity contribution in [1.29, 1.82) is 0 Å². The van der Waals surface area contributed by atoms with Crippen LogP contribution in [0.25, 0.3) is 11.6 Å². The van der Waals surface area contributed by atoms with Gasteiger partial charge in [0.25, 0.3) is 0 Å². The summed E-state index contributed by atoms with van der Waals surface area (Å²) in [6.45, 7) is 0. The summed E-state index contributed by atoms with van der Waals surface area (Å²) >= 11 is 1.49. The molecule has 0 fully saturated rings. The molecule has 1 aromatic carbocycles. The summed E-state index contributed by atoms with van der Waals surface area (Å²) < 4.78 is 0. The molecule has 2 nitrogen and oxygen atoms in total. The van der Waals surface area contributed by atoms with Crippen molar-refractivity contribution < 1.29 is 9.90 Å². The minimum Gasteiger partial charge on any atom is -0.478 e. The molecule has 0 unspecified atom stereocenters. The Kier molecular flexibility index (Phi) is 3.17. The predicted molar refractivity (Wildman–Crippen MR) is 66.3 cm³/mol. The van der Waals surface area contributed by atoms with E-state index >= 15 is 0 Å². The first kappa shape index (κ1) is 10.6. The second-order valence-electron chi connectivity index (χ2n) is 3.29. The van der Waals surface area contributed by atoms with Gasteiger partial charge in [-0.2, -0.15) is 11.3 Å². The van der Waals surface area contributed by atoms with Gasteiger partial charge >= 0.3 is 5.97 Å². The molecule has 0 bridgehead atoms. The van der Waals surface area contributed by atoms with Crippen LogP contribution >= 0.6 is 11.3 Å². The van der Waals surface area contributed by atoms with E-state index in [0.29, 0.717) is 5.57 Å². The molecule has 0 aliphatic heterocycles. The highest BCUT2D eigenvalue weighted by Gasteiger charge is 2.10. The number of rotatable bonds is 3. The largest absolute Gasteiger partial charge is 0.478 e. The minimum absolute atomic E-state index is 0.326. The normalized spacial score (nSPS) is 11.4. The topological polar surface area (TPSA) is 37.3 Å². The van der Waals surface area contributed by atoms with Crippen LogP contribution in [0.4, 0.5) is 0 Å². The maximum Gasteiger partial charge on any atom is 0.336 e. The van der Waals surface area contributed by atoms with Crippen molar-refractivity contribution in [2.75, 3.05) is 0 Å². The maximum absolute atomic E-state index is 11.1. The Morgan fingerprint density at radius 2 is 1.94 bits per heavy atom. The molecule has 2 rings (SSSR count). The average Bonchev–Trinajstić information content (AvgIpc) is 2.80. The van der Waals surface area contributed by atoms with E-state index in [0.717, 1.165) is 11.1 Å². The van der Waals surface area contributed by atoms with Crippen molar-refractivity contribution in [3.05, 3.63) is 58.3 Å². The highest BCUT2D eigenvalue weighted by molar-refractivity contribution is 7.08. The molecule has 3 heteroatoms. The lowest BCUT2D eigenvalue weighted by molar-refractivity contribution is -0.130. The van der Waals surface area contributed by atoms with Crippen molar-refractivity contribution in [3.63, 3.8) is 0 Å². The zero-order chi connectivity index (χ0) is 11.4. The number of carboxylic acid groups (broad SMARTS) is 1. The van der Waals surface area contributed by atoms with Gasteiger partial charge in [-0.15, -0.1) is 0 Å². The summed E-state index contributed by atoms with van der Waals surface area (Å²) in [6.07, 6.45) is 1.68. The molecule has 1 heterocycles. The molecule has 0 saturated heterocycles. The predicted octanol–water partition coefficient (Wildman–Crippen LogP) is 3.37. The van der Waals surface area contributed by atoms with E-state index in [1.807, 2.05) is 47.2 Å². The molecule has 0 saturated carbocycles. The molecule has 1 N–H and O–H groups in total. The van der Waals surface area contributed by atoms with Gasteiger partial charge < -0.3 is 5.11 Å². The van der Waals surface area contributed by atoms with Gasteiger partial charge in [0.2, 0.25) is 0 Å². The van der Waals surface area contributed by atoms with E-state index < -0.39 is 5.97 Å². The fourth-order valence-corrected chi connectivity index (χ4v) is 2.06. The van der Waals surface area contributed by atoms with E-state index in [9.17, 15) is 4.79 Å². The first-order valence-electron chi connectivity index (χ1n) is 4.80. The standard InChI is InChI=1S/C13H10O2S/c14-13(15)12(11-6-7-16-9-11)8-10-4-2-1-3-5-10/h1-9H,(H,14,15). The Hall–Kier alpha value is -1.87. The number of hydrogen-bond donors (Lipinski definition) is 1. The van der Waals surface area contributed by atoms with Crippen LogP contribution in [0.15, 0.2) is 47.2 Å². The monoisotopic (exact) mass is 230 g/mol. The third-order valence-electron chi connectivity index (χ3n) is 2.17. The Balaban J connectivity index is 2.42. The fourth-order valence-electron chi connectivity index (χ4n) is 1.40. The Morgan fingerprint density at radius 1 is 1.19 bits per heavy atom. The first-order chi connectivity index (χ1) is 7.77. The molecule has 2 aromatic rings. The van der Waals surface area contributed by atoms with Crippen LogP contribution in [0, 0.1) is 0 Å². The zero-order valence-corrected chi connectivity index (χ0v) is 9.28. The van der Waals surface area contributed by atoms with Crippen LogP contribution in [-0.4, -0.2) is 11.1 Å². The summed E-state index contributed by atoms with van der Waals surface area (Å²) in [5, 5.41) is 12.9. The zero-order valence-electron chi connectivity index (χ0n) is 8.46. The van der Waals surface area contributed by atoms with Crippen molar-refractivity contribution in [2.24, 2.45) is 0 Å². The third kappa shape index (κ3) is 2.38. The number of hydrogen-bond acceptors (Lipinski definition) is 2. The SMILES string of the molecule is O=C(O)C(=Cc1ccccc1)c1ccsc1. The molecule has 0 atom stereocenters. The van der Waals surface area contributed by atoms with Gasteiger partial charge in [-0.05, 0) is 34.0 Å². The molecule has 1 aromatic heterocycles. The number of aliphatic carboxylic acids is 1. The number of carboxylic acids is 1. The molecule has 0 radical (unpaired) electrons. The van der Waals surface area contributed by atoms with Crippen molar-refractivity contribution in [2.45, 2.75) is 0 Å². The lowest BCUT2D eigenvalue weighted by atomic mass is 10.1. The summed E-state index contributed by atoms with van der Waals surface area (Å²) in [6, 6.07) is 11.3. The van der Waals surface area contributed by atoms with E-state index in [-0.39, 0.29) is 0 Å². The van der Waals surface area contributed by atoms with Crippen molar-refractivity contribution >= 4 is 29.0 Å². The van der Waals surface area contributed by atoms with Crippen molar-refractivity contribution in [3.8, 4) is 0 Å². The van der Waals surface area contributed by atoms with Crippen LogP contribution in [0.1, 0.15) is 11.1 Å². The van der Waals surface area contributed by atoms with Gasteiger partial charge in [-0.3, -0.25) is 0 Å². The Morgan fingerprint density at radius 3 is 2.50 bits per heavy atom. The molecule has 0 spiro atoms. The van der Waals surface area contributed by atoms with Gasteiger partial charge in [0.1, 0.15) is 0 Å². The Bertz CT molecular complexity index is 498. The average molecular weight is 230 g/mol. The summed E-state index contributed by atoms with van der Waals surface area (Å²) in [4.78, 5) is 11.1. The summed E-state index contributed by atoms with van der Waals surface area (Å²) in [7, 11) is 0. The van der Waals surface area contributed by atoms with Crippen LogP contribution in [0.5, 0.6) is 0 Å². The number of thiophene rings is 1. The highest BCUT2D eigenvalue weighted by atomic mass is 32.1. The van der Waals surface area contributed by atoms with E-state index in [1.165, 1.54) is 11.3 Å². The van der Waals surface area contributed by atoms with Gasteiger partial charge in [0, 0.05) is 0 Å². The molecular weight excluding hydrogens is 220 g/mol. The molecule has 80 valence electrons. The second-order valence-corrected chi connectivity index (χ2v) is 4.07. The first-order valence-corrected chi connectivity index (χ1v) is 5.74. The molecule has 0 aliphatic carbocycles. The van der Waals surface area contributed by atoms with Crippen LogP contribution in [0.2, 0.25) is 0 Å². The smallest absolute Gasteiger partial charge is 0.336 e. The quantitative estimate of drug-likeness (QED) is 0.821. The number of carbonyl (C=O) groups is 1. The van der Waals surface area contributed by atoms with Gasteiger partial charge in [0.05, 0.1) is 5.57 Å². The maximum atomic E-state index is 11.1. The molecular formula is C13H10O2S. The second kappa shape index (κ2) is 4.77. The van der Waals surface area contributed by atoms with Crippen LogP contribution < -0.4 is 0 Å². The van der Waals surface area contributed by atoms with Crippen LogP contribution in [-0.2, 0) is 4.79 Å². The molecule has 0 aliphatic rings. The van der Waals surface area contributed by atoms with Crippen LogP contribution in [0.3, 0.4) is 0 Å². The highest BCUT2D eigenvalue weighted by Crippen LogP contribution is 2.20. The third-order valence-corrected chi connectivity index (χ3v) is 2.86. The van der Waals surface area contributed by atoms with Gasteiger partial charge in [0.15, 0.2) is 0 Å². The molecule has 16 heavy (non-hydrogen) atoms. The Labute approximate surface area is 97.5 Å². The minimum atomic E-state index is -0.901. The summed E-state index contributed by atoms with van der Waals surface area (Å²) in [5.74, 6) is -0.901. The van der Waals surface area contributed by atoms with Crippen molar-refractivity contribution in [1.82, 2.24) is 0 Å². The summed E-state index contributed by atoms with van der Waals surface area (Å²) in [5.41, 5.74) is 1.97. The molecule has 0 amide bonds. The lowest BCUT2D eigenvalue weighted by Crippen LogP contribution is -1.98. The van der Waals surface area contributed by atoms with E-state index in [4.69, 9.17) is 5.11 Å². The van der Waals surface area contributed by atoms with Gasteiger partial charge in [-0.25, -0.2) is 4.79 Å². The van der Waals surface area contributed by atoms with E-state index in [1.54, 1.807) is 6.08 Å². The fraction of sp³-hybridized carbons (Fsp3) is 0.